The molecule has 2 aromatic carbocycles. The van der Waals surface area contributed by atoms with Gasteiger partial charge in [0.05, 0.1) is 17.6 Å². The van der Waals surface area contributed by atoms with E-state index in [-0.39, 0.29) is 5.91 Å². The smallest absolute Gasteiger partial charge is 0.255 e. The first kappa shape index (κ1) is 16.8. The molecule has 2 heterocycles. The third kappa shape index (κ3) is 3.35. The van der Waals surface area contributed by atoms with Gasteiger partial charge in [-0.1, -0.05) is 31.5 Å². The number of benzene rings is 2. The molecule has 0 fully saturated rings. The third-order valence-electron chi connectivity index (χ3n) is 4.95. The van der Waals surface area contributed by atoms with E-state index in [4.69, 9.17) is 4.98 Å². The van der Waals surface area contributed by atoms with Crippen molar-refractivity contribution in [2.24, 2.45) is 0 Å². The van der Waals surface area contributed by atoms with Crippen molar-refractivity contribution >= 4 is 22.6 Å². The second-order valence-electron chi connectivity index (χ2n) is 6.83. The van der Waals surface area contributed by atoms with Gasteiger partial charge in [-0.2, -0.15) is 0 Å². The molecule has 0 saturated heterocycles. The van der Waals surface area contributed by atoms with Gasteiger partial charge in [-0.25, -0.2) is 4.98 Å². The average Bonchev–Trinajstić information content (AvgIpc) is 3.03. The van der Waals surface area contributed by atoms with Crippen LogP contribution in [0.15, 0.2) is 48.5 Å². The Labute approximate surface area is 153 Å². The lowest BCUT2D eigenvalue weighted by atomic mass is 10.2. The van der Waals surface area contributed by atoms with Crippen LogP contribution in [0.2, 0.25) is 0 Å². The molecule has 1 amide bonds. The van der Waals surface area contributed by atoms with Crippen LogP contribution in [-0.4, -0.2) is 33.4 Å². The number of amides is 1. The van der Waals surface area contributed by atoms with E-state index < -0.39 is 0 Å². The molecule has 26 heavy (non-hydrogen) atoms. The molecule has 0 saturated carbocycles. The number of fused-ring (bicyclic) bond motifs is 3. The van der Waals surface area contributed by atoms with Crippen molar-refractivity contribution < 1.29 is 4.79 Å². The number of aromatic nitrogens is 2. The zero-order valence-electron chi connectivity index (χ0n) is 15.1. The van der Waals surface area contributed by atoms with Crippen molar-refractivity contribution in [3.63, 3.8) is 0 Å². The number of hydrogen-bond acceptors (Lipinski definition) is 3. The lowest BCUT2D eigenvalue weighted by Crippen LogP contribution is -2.34. The number of rotatable bonds is 5. The molecule has 1 aromatic heterocycles. The molecule has 5 heteroatoms. The Morgan fingerprint density at radius 2 is 2.00 bits per heavy atom. The number of carbonyl (C=O) groups is 1. The molecule has 0 bridgehead atoms. The van der Waals surface area contributed by atoms with Gasteiger partial charge < -0.3 is 9.88 Å². The number of unbranched alkanes of at least 4 members (excludes halogenated alkanes) is 1. The van der Waals surface area contributed by atoms with Gasteiger partial charge in [0.15, 0.2) is 0 Å². The Kier molecular flexibility index (Phi) is 4.71. The summed E-state index contributed by atoms with van der Waals surface area (Å²) in [4.78, 5) is 19.6. The minimum absolute atomic E-state index is 0.0975. The standard InChI is InChI=1S/C21H24N4O/c1-2-3-11-24-12-13-25-19-10-9-17(14-18(19)23-20(25)15-24)22-21(26)16-7-5-4-6-8-16/h4-10,14H,2-3,11-13,15H2,1H3,(H,22,26). The fourth-order valence-electron chi connectivity index (χ4n) is 3.51. The molecule has 0 spiro atoms. The van der Waals surface area contributed by atoms with Crippen molar-refractivity contribution in [3.05, 3.63) is 59.9 Å². The van der Waals surface area contributed by atoms with Crippen molar-refractivity contribution in [1.29, 1.82) is 0 Å². The number of carbonyl (C=O) groups excluding carboxylic acids is 1. The monoisotopic (exact) mass is 348 g/mol. The van der Waals surface area contributed by atoms with Crippen molar-refractivity contribution in [3.8, 4) is 0 Å². The molecule has 1 aliphatic heterocycles. The molecule has 3 aromatic rings. The van der Waals surface area contributed by atoms with E-state index in [2.05, 4.69) is 27.8 Å². The van der Waals surface area contributed by atoms with Crippen LogP contribution < -0.4 is 5.32 Å². The van der Waals surface area contributed by atoms with Gasteiger partial charge in [0.25, 0.3) is 5.91 Å². The van der Waals surface area contributed by atoms with E-state index in [1.807, 2.05) is 42.5 Å². The van der Waals surface area contributed by atoms with Crippen LogP contribution in [0.25, 0.3) is 11.0 Å². The average molecular weight is 348 g/mol. The van der Waals surface area contributed by atoms with E-state index in [0.29, 0.717) is 5.56 Å². The Morgan fingerprint density at radius 1 is 1.15 bits per heavy atom. The minimum atomic E-state index is -0.0975. The van der Waals surface area contributed by atoms with Crippen LogP contribution in [0.1, 0.15) is 35.9 Å². The van der Waals surface area contributed by atoms with Crippen LogP contribution in [0.3, 0.4) is 0 Å². The highest BCUT2D eigenvalue weighted by Gasteiger charge is 2.19. The maximum atomic E-state index is 12.3. The number of nitrogens with one attached hydrogen (secondary N) is 1. The summed E-state index contributed by atoms with van der Waals surface area (Å²) in [7, 11) is 0. The van der Waals surface area contributed by atoms with Crippen LogP contribution in [-0.2, 0) is 13.1 Å². The van der Waals surface area contributed by atoms with Gasteiger partial charge in [0, 0.05) is 24.3 Å². The van der Waals surface area contributed by atoms with Gasteiger partial charge in [0.2, 0.25) is 0 Å². The Bertz CT molecular complexity index is 916. The fourth-order valence-corrected chi connectivity index (χ4v) is 3.51. The molecule has 0 radical (unpaired) electrons. The predicted octanol–water partition coefficient (Wildman–Crippen LogP) is 3.90. The van der Waals surface area contributed by atoms with E-state index in [1.165, 1.54) is 12.8 Å². The summed E-state index contributed by atoms with van der Waals surface area (Å²) in [6, 6.07) is 15.3. The Morgan fingerprint density at radius 3 is 2.81 bits per heavy atom. The third-order valence-corrected chi connectivity index (χ3v) is 4.95. The molecule has 1 N–H and O–H groups in total. The highest BCUT2D eigenvalue weighted by molar-refractivity contribution is 6.04. The first-order valence-corrected chi connectivity index (χ1v) is 9.32. The quantitative estimate of drug-likeness (QED) is 0.761. The number of hydrogen-bond donors (Lipinski definition) is 1. The Hall–Kier alpha value is -2.66. The van der Waals surface area contributed by atoms with E-state index >= 15 is 0 Å². The molecule has 4 rings (SSSR count). The summed E-state index contributed by atoms with van der Waals surface area (Å²) in [6.45, 7) is 6.32. The minimum Gasteiger partial charge on any atom is -0.326 e. The number of imidazole rings is 1. The molecule has 134 valence electrons. The SMILES string of the molecule is CCCCN1CCn2c(nc3cc(NC(=O)c4ccccc4)ccc32)C1. The van der Waals surface area contributed by atoms with Crippen LogP contribution in [0.5, 0.6) is 0 Å². The van der Waals surface area contributed by atoms with Crippen LogP contribution >= 0.6 is 0 Å². The van der Waals surface area contributed by atoms with Gasteiger partial charge >= 0.3 is 0 Å². The molecule has 1 aliphatic rings. The molecule has 0 atom stereocenters. The second kappa shape index (κ2) is 7.30. The number of anilines is 1. The van der Waals surface area contributed by atoms with Crippen molar-refractivity contribution in [1.82, 2.24) is 14.5 Å². The summed E-state index contributed by atoms with van der Waals surface area (Å²) >= 11 is 0. The maximum absolute atomic E-state index is 12.3. The zero-order chi connectivity index (χ0) is 17.9. The van der Waals surface area contributed by atoms with E-state index in [9.17, 15) is 4.79 Å². The van der Waals surface area contributed by atoms with Crippen molar-refractivity contribution in [2.75, 3.05) is 18.4 Å². The fraction of sp³-hybridized carbons (Fsp3) is 0.333. The summed E-state index contributed by atoms with van der Waals surface area (Å²) in [5.74, 6) is 1.02. The van der Waals surface area contributed by atoms with Crippen molar-refractivity contribution in [2.45, 2.75) is 32.9 Å². The summed E-state index contributed by atoms with van der Waals surface area (Å²) in [6.07, 6.45) is 2.45. The second-order valence-corrected chi connectivity index (χ2v) is 6.83. The normalized spacial score (nSPS) is 14.3. The summed E-state index contributed by atoms with van der Waals surface area (Å²) in [5, 5.41) is 2.97. The summed E-state index contributed by atoms with van der Waals surface area (Å²) < 4.78 is 2.31. The first-order chi connectivity index (χ1) is 12.7. The Balaban J connectivity index is 1.54. The maximum Gasteiger partial charge on any atom is 0.255 e. The molecular weight excluding hydrogens is 324 g/mol. The predicted molar refractivity (Wildman–Crippen MR) is 104 cm³/mol. The van der Waals surface area contributed by atoms with E-state index in [0.717, 1.165) is 48.7 Å². The van der Waals surface area contributed by atoms with Crippen LogP contribution in [0.4, 0.5) is 5.69 Å². The molecule has 5 nitrogen and oxygen atoms in total. The highest BCUT2D eigenvalue weighted by atomic mass is 16.1. The zero-order valence-corrected chi connectivity index (χ0v) is 15.1. The first-order valence-electron chi connectivity index (χ1n) is 9.32. The van der Waals surface area contributed by atoms with Gasteiger partial charge in [-0.05, 0) is 43.3 Å². The van der Waals surface area contributed by atoms with Gasteiger partial charge in [-0.3, -0.25) is 9.69 Å². The van der Waals surface area contributed by atoms with Gasteiger partial charge in [0.1, 0.15) is 5.82 Å². The lowest BCUT2D eigenvalue weighted by Gasteiger charge is -2.27. The largest absolute Gasteiger partial charge is 0.326 e. The molecule has 0 aliphatic carbocycles. The number of nitrogens with zero attached hydrogens (tertiary/aromatic N) is 3. The molecule has 0 unspecified atom stereocenters. The lowest BCUT2D eigenvalue weighted by molar-refractivity contribution is 0.102. The summed E-state index contributed by atoms with van der Waals surface area (Å²) in [5.41, 5.74) is 3.53. The van der Waals surface area contributed by atoms with Crippen LogP contribution in [0, 0.1) is 0 Å². The van der Waals surface area contributed by atoms with E-state index in [1.54, 1.807) is 0 Å². The topological polar surface area (TPSA) is 50.2 Å². The molecular formula is C21H24N4O. The highest BCUT2D eigenvalue weighted by Crippen LogP contribution is 2.24. The van der Waals surface area contributed by atoms with Gasteiger partial charge in [-0.15, -0.1) is 0 Å².